The van der Waals surface area contributed by atoms with Gasteiger partial charge in [-0.15, -0.1) is 0 Å². The van der Waals surface area contributed by atoms with E-state index in [4.69, 9.17) is 0 Å². The highest BCUT2D eigenvalue weighted by Gasteiger charge is 2.12. The number of halogens is 1. The minimum Gasteiger partial charge on any atom is -0.347 e. The summed E-state index contributed by atoms with van der Waals surface area (Å²) < 4.78 is 0.770. The molecule has 1 aromatic carbocycles. The lowest BCUT2D eigenvalue weighted by Gasteiger charge is -2.14. The van der Waals surface area contributed by atoms with Crippen LogP contribution in [0.4, 0.5) is 0 Å². The van der Waals surface area contributed by atoms with Crippen molar-refractivity contribution in [3.05, 3.63) is 46.5 Å². The quantitative estimate of drug-likeness (QED) is 0.904. The molecule has 1 aromatic rings. The number of carbonyl (C=O) groups is 1. The van der Waals surface area contributed by atoms with Crippen molar-refractivity contribution in [1.29, 1.82) is 0 Å². The summed E-state index contributed by atoms with van der Waals surface area (Å²) in [7, 11) is 0. The van der Waals surface area contributed by atoms with E-state index in [1.165, 1.54) is 31.5 Å². The summed E-state index contributed by atoms with van der Waals surface area (Å²) in [6.07, 6.45) is 2.61. The average molecular weight is 323 g/mol. The third-order valence-corrected chi connectivity index (χ3v) is 3.54. The lowest BCUT2D eigenvalue weighted by atomic mass is 10.1. The van der Waals surface area contributed by atoms with Crippen molar-refractivity contribution < 1.29 is 4.79 Å². The van der Waals surface area contributed by atoms with Gasteiger partial charge in [-0.2, -0.15) is 0 Å². The lowest BCUT2D eigenvalue weighted by molar-refractivity contribution is 0.0958. The molecular formula is C15H19BrN2O. The predicted octanol–water partition coefficient (Wildman–Crippen LogP) is 2.92. The Bertz CT molecular complexity index is 450. The molecular weight excluding hydrogens is 304 g/mol. The zero-order chi connectivity index (χ0) is 13.7. The molecule has 0 unspecified atom stereocenters. The summed E-state index contributed by atoms with van der Waals surface area (Å²) in [5.41, 5.74) is 1.96. The van der Waals surface area contributed by atoms with Gasteiger partial charge >= 0.3 is 0 Å². The maximum absolute atomic E-state index is 11.8. The van der Waals surface area contributed by atoms with Crippen LogP contribution < -0.4 is 5.32 Å². The molecule has 19 heavy (non-hydrogen) atoms. The van der Waals surface area contributed by atoms with Crippen LogP contribution in [0.5, 0.6) is 0 Å². The number of nitrogens with one attached hydrogen (secondary N) is 1. The fraction of sp³-hybridized carbons (Fsp3) is 0.400. The van der Waals surface area contributed by atoms with Crippen LogP contribution in [-0.4, -0.2) is 30.4 Å². The van der Waals surface area contributed by atoms with Crippen molar-refractivity contribution in [3.63, 3.8) is 0 Å². The Labute approximate surface area is 122 Å². The zero-order valence-electron chi connectivity index (χ0n) is 11.0. The van der Waals surface area contributed by atoms with Crippen LogP contribution in [-0.2, 0) is 6.54 Å². The van der Waals surface area contributed by atoms with Gasteiger partial charge in [0.25, 0.3) is 5.91 Å². The summed E-state index contributed by atoms with van der Waals surface area (Å²) in [5, 5.41) is 2.80. The third kappa shape index (κ3) is 4.48. The Morgan fingerprint density at radius 2 is 1.89 bits per heavy atom. The van der Waals surface area contributed by atoms with Crippen molar-refractivity contribution in [2.75, 3.05) is 19.6 Å². The highest BCUT2D eigenvalue weighted by molar-refractivity contribution is 9.11. The second-order valence-electron chi connectivity index (χ2n) is 4.88. The molecule has 4 heteroatoms. The molecule has 2 rings (SSSR count). The molecule has 0 radical (unpaired) electrons. The molecule has 1 heterocycles. The monoisotopic (exact) mass is 322 g/mol. The van der Waals surface area contributed by atoms with Gasteiger partial charge in [-0.3, -0.25) is 9.69 Å². The standard InChI is InChI=1S/C15H19BrN2O/c1-12(16)10-17-15(19)14-6-4-13(5-7-14)11-18-8-2-3-9-18/h4-7H,1-3,8-11H2,(H,17,19). The first kappa shape index (κ1) is 14.3. The van der Waals surface area contributed by atoms with Gasteiger partial charge in [-0.1, -0.05) is 34.6 Å². The molecule has 1 N–H and O–H groups in total. The Hall–Kier alpha value is -1.13. The fourth-order valence-electron chi connectivity index (χ4n) is 2.24. The maximum Gasteiger partial charge on any atom is 0.251 e. The number of nitrogens with zero attached hydrogens (tertiary/aromatic N) is 1. The zero-order valence-corrected chi connectivity index (χ0v) is 12.6. The molecule has 0 aromatic heterocycles. The van der Waals surface area contributed by atoms with Crippen molar-refractivity contribution in [2.24, 2.45) is 0 Å². The Balaban J connectivity index is 1.89. The molecule has 1 fully saturated rings. The average Bonchev–Trinajstić information content (AvgIpc) is 2.89. The first-order chi connectivity index (χ1) is 9.15. The fourth-order valence-corrected chi connectivity index (χ4v) is 2.38. The smallest absolute Gasteiger partial charge is 0.251 e. The van der Waals surface area contributed by atoms with Gasteiger partial charge in [0.1, 0.15) is 0 Å². The van der Waals surface area contributed by atoms with Gasteiger partial charge in [-0.05, 0) is 43.6 Å². The SMILES string of the molecule is C=C(Br)CNC(=O)c1ccc(CN2CCCC2)cc1. The first-order valence-electron chi connectivity index (χ1n) is 6.58. The second-order valence-corrected chi connectivity index (χ2v) is 6.00. The third-order valence-electron chi connectivity index (χ3n) is 3.26. The number of rotatable bonds is 5. The molecule has 0 spiro atoms. The molecule has 3 nitrogen and oxygen atoms in total. The van der Waals surface area contributed by atoms with Crippen LogP contribution in [0, 0.1) is 0 Å². The molecule has 0 saturated carbocycles. The van der Waals surface area contributed by atoms with Gasteiger partial charge in [0, 0.05) is 23.1 Å². The van der Waals surface area contributed by atoms with Gasteiger partial charge in [-0.25, -0.2) is 0 Å². The predicted molar refractivity (Wildman–Crippen MR) is 81.4 cm³/mol. The lowest BCUT2D eigenvalue weighted by Crippen LogP contribution is -2.24. The minimum absolute atomic E-state index is 0.0617. The summed E-state index contributed by atoms with van der Waals surface area (Å²) in [6, 6.07) is 7.85. The van der Waals surface area contributed by atoms with Crippen LogP contribution >= 0.6 is 15.9 Å². The van der Waals surface area contributed by atoms with Gasteiger partial charge in [0.05, 0.1) is 0 Å². The number of likely N-dealkylation sites (tertiary alicyclic amines) is 1. The van der Waals surface area contributed by atoms with Gasteiger partial charge in [0.15, 0.2) is 0 Å². The molecule has 0 aliphatic carbocycles. The van der Waals surface area contributed by atoms with Crippen LogP contribution in [0.15, 0.2) is 35.3 Å². The Morgan fingerprint density at radius 3 is 2.47 bits per heavy atom. The van der Waals surface area contributed by atoms with E-state index >= 15 is 0 Å². The van der Waals surface area contributed by atoms with E-state index in [2.05, 4.69) is 32.7 Å². The Morgan fingerprint density at radius 1 is 1.26 bits per heavy atom. The summed E-state index contributed by atoms with van der Waals surface area (Å²) in [5.74, 6) is -0.0617. The van der Waals surface area contributed by atoms with Crippen LogP contribution in [0.2, 0.25) is 0 Å². The second kappa shape index (κ2) is 6.87. The molecule has 1 aliphatic heterocycles. The summed E-state index contributed by atoms with van der Waals surface area (Å²) >= 11 is 3.22. The van der Waals surface area contributed by atoms with Crippen molar-refractivity contribution in [1.82, 2.24) is 10.2 Å². The molecule has 0 atom stereocenters. The van der Waals surface area contributed by atoms with E-state index in [-0.39, 0.29) is 5.91 Å². The van der Waals surface area contributed by atoms with Crippen LogP contribution in [0.1, 0.15) is 28.8 Å². The number of amides is 1. The van der Waals surface area contributed by atoms with Gasteiger partial charge < -0.3 is 5.32 Å². The van der Waals surface area contributed by atoms with Crippen molar-refractivity contribution in [2.45, 2.75) is 19.4 Å². The topological polar surface area (TPSA) is 32.3 Å². The maximum atomic E-state index is 11.8. The first-order valence-corrected chi connectivity index (χ1v) is 7.37. The number of benzene rings is 1. The van der Waals surface area contributed by atoms with Crippen molar-refractivity contribution >= 4 is 21.8 Å². The van der Waals surface area contributed by atoms with E-state index in [1.807, 2.05) is 24.3 Å². The molecule has 0 bridgehead atoms. The normalized spacial score (nSPS) is 15.4. The largest absolute Gasteiger partial charge is 0.347 e. The van der Waals surface area contributed by atoms with Crippen LogP contribution in [0.3, 0.4) is 0 Å². The Kier molecular flexibility index (Phi) is 5.16. The van der Waals surface area contributed by atoms with E-state index < -0.39 is 0 Å². The summed E-state index contributed by atoms with van der Waals surface area (Å²) in [4.78, 5) is 14.3. The van der Waals surface area contributed by atoms with Crippen LogP contribution in [0.25, 0.3) is 0 Å². The van der Waals surface area contributed by atoms with Crippen molar-refractivity contribution in [3.8, 4) is 0 Å². The minimum atomic E-state index is -0.0617. The number of carbonyl (C=O) groups excluding carboxylic acids is 1. The highest BCUT2D eigenvalue weighted by atomic mass is 79.9. The molecule has 1 saturated heterocycles. The van der Waals surface area contributed by atoms with E-state index in [0.29, 0.717) is 12.1 Å². The number of hydrogen-bond donors (Lipinski definition) is 1. The number of hydrogen-bond acceptors (Lipinski definition) is 2. The van der Waals surface area contributed by atoms with Gasteiger partial charge in [0.2, 0.25) is 0 Å². The van der Waals surface area contributed by atoms with E-state index in [9.17, 15) is 4.79 Å². The molecule has 1 aliphatic rings. The van der Waals surface area contributed by atoms with E-state index in [1.54, 1.807) is 0 Å². The highest BCUT2D eigenvalue weighted by Crippen LogP contribution is 2.13. The molecule has 102 valence electrons. The summed E-state index contributed by atoms with van der Waals surface area (Å²) in [6.45, 7) is 7.51. The molecule has 1 amide bonds. The van der Waals surface area contributed by atoms with E-state index in [0.717, 1.165) is 11.0 Å².